The lowest BCUT2D eigenvalue weighted by molar-refractivity contribution is 0.0472. The summed E-state index contributed by atoms with van der Waals surface area (Å²) in [5.41, 5.74) is 4.09. The Kier molecular flexibility index (Phi) is 5.14. The van der Waals surface area contributed by atoms with Crippen LogP contribution in [0.15, 0.2) is 59.5 Å². The number of sulfone groups is 1. The number of carbonyl (C=O) groups excluding carboxylic acids is 1. The molecule has 27 heavy (non-hydrogen) atoms. The average Bonchev–Trinajstić information content (AvgIpc) is 2.97. The summed E-state index contributed by atoms with van der Waals surface area (Å²) in [5.74, 6) is -0.502. The first kappa shape index (κ1) is 18.8. The summed E-state index contributed by atoms with van der Waals surface area (Å²) >= 11 is 0. The van der Waals surface area contributed by atoms with Crippen molar-refractivity contribution >= 4 is 15.8 Å². The zero-order chi connectivity index (χ0) is 19.6. The maximum Gasteiger partial charge on any atom is 0.338 e. The molecule has 0 radical (unpaired) electrons. The van der Waals surface area contributed by atoms with Crippen LogP contribution in [0.1, 0.15) is 27.3 Å². The molecular weight excluding hydrogens is 364 g/mol. The number of nitrogens with zero attached hydrogens (tertiary/aromatic N) is 2. The maximum atomic E-state index is 12.1. The van der Waals surface area contributed by atoms with Gasteiger partial charge in [-0.3, -0.25) is 0 Å². The van der Waals surface area contributed by atoms with Crippen molar-refractivity contribution in [3.05, 3.63) is 77.1 Å². The second-order valence-corrected chi connectivity index (χ2v) is 8.39. The van der Waals surface area contributed by atoms with Crippen molar-refractivity contribution in [1.29, 1.82) is 0 Å². The minimum absolute atomic E-state index is 0.129. The first-order valence-electron chi connectivity index (χ1n) is 8.34. The van der Waals surface area contributed by atoms with E-state index in [1.165, 1.54) is 24.3 Å². The monoisotopic (exact) mass is 384 g/mol. The van der Waals surface area contributed by atoms with Crippen LogP contribution in [0, 0.1) is 13.8 Å². The van der Waals surface area contributed by atoms with Gasteiger partial charge in [-0.1, -0.05) is 12.1 Å². The number of ether oxygens (including phenoxy) is 1. The highest BCUT2D eigenvalue weighted by Crippen LogP contribution is 2.15. The van der Waals surface area contributed by atoms with Crippen molar-refractivity contribution < 1.29 is 17.9 Å². The Morgan fingerprint density at radius 2 is 1.67 bits per heavy atom. The summed E-state index contributed by atoms with van der Waals surface area (Å²) in [5, 5.41) is 4.44. The van der Waals surface area contributed by atoms with E-state index in [1.54, 1.807) is 0 Å². The molecule has 0 atom stereocenters. The fraction of sp³-hybridized carbons (Fsp3) is 0.200. The topological polar surface area (TPSA) is 78.3 Å². The number of aryl methyl sites for hydroxylation is 2. The van der Waals surface area contributed by atoms with E-state index in [9.17, 15) is 13.2 Å². The van der Waals surface area contributed by atoms with Gasteiger partial charge in [-0.15, -0.1) is 0 Å². The molecule has 0 amide bonds. The van der Waals surface area contributed by atoms with Crippen LogP contribution in [0.4, 0.5) is 0 Å². The molecule has 0 unspecified atom stereocenters. The minimum atomic E-state index is -3.29. The Morgan fingerprint density at radius 1 is 1.04 bits per heavy atom. The number of aromatic nitrogens is 2. The number of hydrogen-bond acceptors (Lipinski definition) is 5. The van der Waals surface area contributed by atoms with Crippen molar-refractivity contribution in [2.45, 2.75) is 25.3 Å². The molecule has 0 N–H and O–H groups in total. The summed E-state index contributed by atoms with van der Waals surface area (Å²) < 4.78 is 30.1. The van der Waals surface area contributed by atoms with Gasteiger partial charge in [0.2, 0.25) is 0 Å². The van der Waals surface area contributed by atoms with Gasteiger partial charge in [-0.25, -0.2) is 17.9 Å². The van der Waals surface area contributed by atoms with Crippen molar-refractivity contribution in [1.82, 2.24) is 9.78 Å². The van der Waals surface area contributed by atoms with Crippen LogP contribution in [0.5, 0.6) is 0 Å². The Balaban J connectivity index is 1.64. The SMILES string of the molecule is Cc1cc(C)n(-c2ccc(COC(=O)c3ccc(S(C)(=O)=O)cc3)cc2)n1. The molecule has 0 aliphatic carbocycles. The first-order chi connectivity index (χ1) is 12.7. The Hall–Kier alpha value is -2.93. The summed E-state index contributed by atoms with van der Waals surface area (Å²) in [6.07, 6.45) is 1.12. The van der Waals surface area contributed by atoms with Gasteiger partial charge in [0.1, 0.15) is 6.61 Å². The van der Waals surface area contributed by atoms with E-state index in [-0.39, 0.29) is 11.5 Å². The number of esters is 1. The molecule has 0 aliphatic heterocycles. The van der Waals surface area contributed by atoms with Crippen molar-refractivity contribution in [3.8, 4) is 5.69 Å². The molecule has 1 heterocycles. The second-order valence-electron chi connectivity index (χ2n) is 6.38. The van der Waals surface area contributed by atoms with Crippen LogP contribution in [0.25, 0.3) is 5.69 Å². The predicted octanol–water partition coefficient (Wildman–Crippen LogP) is 3.25. The van der Waals surface area contributed by atoms with E-state index in [1.807, 2.05) is 48.9 Å². The van der Waals surface area contributed by atoms with Gasteiger partial charge < -0.3 is 4.74 Å². The molecule has 0 spiro atoms. The van der Waals surface area contributed by atoms with Crippen LogP contribution < -0.4 is 0 Å². The number of hydrogen-bond donors (Lipinski definition) is 0. The van der Waals surface area contributed by atoms with Crippen molar-refractivity contribution in [3.63, 3.8) is 0 Å². The molecule has 3 aromatic rings. The van der Waals surface area contributed by atoms with Gasteiger partial charge in [0, 0.05) is 11.9 Å². The molecule has 7 heteroatoms. The number of rotatable bonds is 5. The summed E-state index contributed by atoms with van der Waals surface area (Å²) in [7, 11) is -3.29. The van der Waals surface area contributed by atoms with E-state index in [4.69, 9.17) is 4.74 Å². The van der Waals surface area contributed by atoms with E-state index < -0.39 is 15.8 Å². The van der Waals surface area contributed by atoms with Gasteiger partial charge in [0.05, 0.1) is 21.8 Å². The lowest BCUT2D eigenvalue weighted by Crippen LogP contribution is -2.06. The third-order valence-corrected chi connectivity index (χ3v) is 5.21. The minimum Gasteiger partial charge on any atom is -0.457 e. The van der Waals surface area contributed by atoms with Gasteiger partial charge in [0.25, 0.3) is 0 Å². The molecule has 1 aromatic heterocycles. The van der Waals surface area contributed by atoms with Crippen LogP contribution in [0.2, 0.25) is 0 Å². The number of benzene rings is 2. The molecule has 0 aliphatic rings. The predicted molar refractivity (Wildman–Crippen MR) is 102 cm³/mol. The Labute approximate surface area is 158 Å². The van der Waals surface area contributed by atoms with Crippen molar-refractivity contribution in [2.24, 2.45) is 0 Å². The second kappa shape index (κ2) is 7.36. The first-order valence-corrected chi connectivity index (χ1v) is 10.2. The zero-order valence-electron chi connectivity index (χ0n) is 15.3. The quantitative estimate of drug-likeness (QED) is 0.631. The van der Waals surface area contributed by atoms with Crippen LogP contribution in [-0.4, -0.2) is 30.4 Å². The third-order valence-electron chi connectivity index (χ3n) is 4.08. The summed E-state index contributed by atoms with van der Waals surface area (Å²) in [6, 6.07) is 15.3. The highest BCUT2D eigenvalue weighted by Gasteiger charge is 2.11. The Morgan fingerprint density at radius 3 is 2.19 bits per heavy atom. The molecule has 2 aromatic carbocycles. The molecular formula is C20H20N2O4S. The lowest BCUT2D eigenvalue weighted by atomic mass is 10.2. The summed E-state index contributed by atoms with van der Waals surface area (Å²) in [4.78, 5) is 12.3. The smallest absolute Gasteiger partial charge is 0.338 e. The maximum absolute atomic E-state index is 12.1. The van der Waals surface area contributed by atoms with E-state index in [0.29, 0.717) is 5.56 Å². The average molecular weight is 384 g/mol. The van der Waals surface area contributed by atoms with Gasteiger partial charge >= 0.3 is 5.97 Å². The number of carbonyl (C=O) groups is 1. The van der Waals surface area contributed by atoms with Gasteiger partial charge in [-0.05, 0) is 61.9 Å². The molecule has 0 saturated heterocycles. The highest BCUT2D eigenvalue weighted by atomic mass is 32.2. The fourth-order valence-electron chi connectivity index (χ4n) is 2.69. The zero-order valence-corrected chi connectivity index (χ0v) is 16.2. The highest BCUT2D eigenvalue weighted by molar-refractivity contribution is 7.90. The van der Waals surface area contributed by atoms with Gasteiger partial charge in [-0.2, -0.15) is 5.10 Å². The van der Waals surface area contributed by atoms with Crippen molar-refractivity contribution in [2.75, 3.05) is 6.26 Å². The van der Waals surface area contributed by atoms with E-state index >= 15 is 0 Å². The van der Waals surface area contributed by atoms with Crippen LogP contribution in [0.3, 0.4) is 0 Å². The van der Waals surface area contributed by atoms with E-state index in [2.05, 4.69) is 5.10 Å². The fourth-order valence-corrected chi connectivity index (χ4v) is 3.32. The Bertz CT molecular complexity index is 1070. The molecule has 0 saturated carbocycles. The molecule has 3 rings (SSSR count). The van der Waals surface area contributed by atoms with Crippen LogP contribution >= 0.6 is 0 Å². The van der Waals surface area contributed by atoms with Gasteiger partial charge in [0.15, 0.2) is 9.84 Å². The lowest BCUT2D eigenvalue weighted by Gasteiger charge is -2.08. The molecule has 0 fully saturated rings. The van der Waals surface area contributed by atoms with E-state index in [0.717, 1.165) is 28.9 Å². The molecule has 140 valence electrons. The standard InChI is InChI=1S/C20H20N2O4S/c1-14-12-15(2)22(21-14)18-8-4-16(5-9-18)13-26-20(23)17-6-10-19(11-7-17)27(3,24)25/h4-12H,13H2,1-3H3. The molecule has 6 nitrogen and oxygen atoms in total. The summed E-state index contributed by atoms with van der Waals surface area (Å²) in [6.45, 7) is 4.06. The molecule has 0 bridgehead atoms. The third kappa shape index (κ3) is 4.43. The normalized spacial score (nSPS) is 11.4. The largest absolute Gasteiger partial charge is 0.457 e. The van der Waals surface area contributed by atoms with Crippen LogP contribution in [-0.2, 0) is 21.2 Å².